The fourth-order valence-corrected chi connectivity index (χ4v) is 4.59. The zero-order valence-corrected chi connectivity index (χ0v) is 17.4. The molecule has 2 heterocycles. The quantitative estimate of drug-likeness (QED) is 0.457. The van der Waals surface area contributed by atoms with Gasteiger partial charge in [0.15, 0.2) is 8.32 Å². The predicted octanol–water partition coefficient (Wildman–Crippen LogP) is 4.08. The van der Waals surface area contributed by atoms with E-state index < -0.39 is 8.32 Å². The molecule has 1 aromatic carbocycles. The summed E-state index contributed by atoms with van der Waals surface area (Å²) in [6.45, 7) is 12.6. The van der Waals surface area contributed by atoms with Crippen LogP contribution in [0.2, 0.25) is 18.1 Å². The number of rotatable bonds is 4. The van der Waals surface area contributed by atoms with Gasteiger partial charge in [0.1, 0.15) is 5.69 Å². The zero-order chi connectivity index (χ0) is 19.3. The highest BCUT2D eigenvalue weighted by Gasteiger charge is 2.41. The van der Waals surface area contributed by atoms with Gasteiger partial charge >= 0.3 is 0 Å². The molecule has 0 saturated carbocycles. The van der Waals surface area contributed by atoms with Crippen LogP contribution in [0.3, 0.4) is 0 Å². The molecule has 0 aliphatic carbocycles. The third kappa shape index (κ3) is 3.48. The summed E-state index contributed by atoms with van der Waals surface area (Å²) in [4.78, 5) is 13.4. The largest absolute Gasteiger partial charge is 0.412 e. The first-order valence-corrected chi connectivity index (χ1v) is 11.9. The van der Waals surface area contributed by atoms with Gasteiger partial charge in [-0.2, -0.15) is 5.10 Å². The van der Waals surface area contributed by atoms with Crippen LogP contribution in [0, 0.1) is 10.1 Å². The number of fused-ring (bicyclic) bond motifs is 1. The number of aryl methyl sites for hydroxylation is 1. The Kier molecular flexibility index (Phi) is 4.60. The Balaban J connectivity index is 1.86. The van der Waals surface area contributed by atoms with E-state index in [1.165, 1.54) is 0 Å². The number of nitro groups is 1. The average Bonchev–Trinajstić information content (AvgIpc) is 3.08. The van der Waals surface area contributed by atoms with Crippen LogP contribution in [-0.2, 0) is 11.5 Å². The molecule has 1 unspecified atom stereocenters. The number of hydrogen-bond donors (Lipinski definition) is 0. The van der Waals surface area contributed by atoms with Gasteiger partial charge in [0.25, 0.3) is 5.69 Å². The van der Waals surface area contributed by atoms with Crippen molar-refractivity contribution in [1.82, 2.24) is 9.78 Å². The Morgan fingerprint density at radius 3 is 2.65 bits per heavy atom. The van der Waals surface area contributed by atoms with Gasteiger partial charge in [-0.15, -0.1) is 0 Å². The van der Waals surface area contributed by atoms with Gasteiger partial charge in [-0.3, -0.25) is 14.8 Å². The van der Waals surface area contributed by atoms with Crippen LogP contribution in [0.5, 0.6) is 0 Å². The standard InChI is InChI=1S/C18H28N4O3Si/c1-18(2,3)26(5,6)25-14-7-8-21(12-14)16-10-15-13(11-20(4)19-15)9-17(16)22(23)24/h9-11,14H,7-8,12H2,1-6H3. The minimum atomic E-state index is -1.85. The van der Waals surface area contributed by atoms with Crippen molar-refractivity contribution in [3.8, 4) is 0 Å². The maximum atomic E-state index is 11.6. The third-order valence-electron chi connectivity index (χ3n) is 5.67. The highest BCUT2D eigenvalue weighted by Crippen LogP contribution is 2.40. The van der Waals surface area contributed by atoms with Gasteiger partial charge in [0.2, 0.25) is 0 Å². The van der Waals surface area contributed by atoms with E-state index in [-0.39, 0.29) is 21.8 Å². The Labute approximate surface area is 155 Å². The number of benzene rings is 1. The molecule has 7 nitrogen and oxygen atoms in total. The number of aromatic nitrogens is 2. The maximum absolute atomic E-state index is 11.6. The lowest BCUT2D eigenvalue weighted by Crippen LogP contribution is -2.44. The van der Waals surface area contributed by atoms with E-state index in [0.29, 0.717) is 12.2 Å². The second-order valence-corrected chi connectivity index (χ2v) is 13.5. The fraction of sp³-hybridized carbons (Fsp3) is 0.611. The molecule has 0 spiro atoms. The molecule has 0 amide bonds. The molecule has 1 aliphatic rings. The van der Waals surface area contributed by atoms with Gasteiger partial charge in [-0.05, 0) is 30.6 Å². The lowest BCUT2D eigenvalue weighted by atomic mass is 10.2. The predicted molar refractivity (Wildman–Crippen MR) is 106 cm³/mol. The first kappa shape index (κ1) is 18.8. The Morgan fingerprint density at radius 1 is 1.35 bits per heavy atom. The van der Waals surface area contributed by atoms with Crippen molar-refractivity contribution >= 4 is 30.6 Å². The molecule has 1 fully saturated rings. The lowest BCUT2D eigenvalue weighted by Gasteiger charge is -2.38. The summed E-state index contributed by atoms with van der Waals surface area (Å²) in [6.07, 6.45) is 2.82. The number of nitrogens with zero attached hydrogens (tertiary/aromatic N) is 4. The summed E-state index contributed by atoms with van der Waals surface area (Å²) in [5, 5.41) is 16.9. The Bertz CT molecular complexity index is 841. The SMILES string of the molecule is Cn1cc2cc([N+](=O)[O-])c(N3CCC(O[Si](C)(C)C(C)(C)C)C3)cc2n1. The van der Waals surface area contributed by atoms with Crippen molar-refractivity contribution in [3.05, 3.63) is 28.4 Å². The Hall–Kier alpha value is -1.93. The topological polar surface area (TPSA) is 73.4 Å². The molecule has 26 heavy (non-hydrogen) atoms. The highest BCUT2D eigenvalue weighted by atomic mass is 28.4. The fourth-order valence-electron chi connectivity index (χ4n) is 3.21. The molecule has 1 aliphatic heterocycles. The van der Waals surface area contributed by atoms with Crippen molar-refractivity contribution in [3.63, 3.8) is 0 Å². The summed E-state index contributed by atoms with van der Waals surface area (Å²) >= 11 is 0. The van der Waals surface area contributed by atoms with E-state index in [1.54, 1.807) is 16.9 Å². The van der Waals surface area contributed by atoms with Crippen LogP contribution in [0.1, 0.15) is 27.2 Å². The minimum absolute atomic E-state index is 0.120. The van der Waals surface area contributed by atoms with E-state index in [2.05, 4.69) is 43.9 Å². The minimum Gasteiger partial charge on any atom is -0.412 e. The van der Waals surface area contributed by atoms with Crippen LogP contribution >= 0.6 is 0 Å². The number of anilines is 1. The van der Waals surface area contributed by atoms with Crippen LogP contribution in [0.15, 0.2) is 18.3 Å². The normalized spacial score (nSPS) is 18.7. The second-order valence-electron chi connectivity index (χ2n) is 8.69. The van der Waals surface area contributed by atoms with Crippen molar-refractivity contribution < 1.29 is 9.35 Å². The molecule has 1 atom stereocenters. The van der Waals surface area contributed by atoms with Crippen LogP contribution in [-0.4, -0.2) is 42.2 Å². The molecule has 2 aromatic rings. The molecule has 8 heteroatoms. The average molecular weight is 377 g/mol. The maximum Gasteiger partial charge on any atom is 0.293 e. The lowest BCUT2D eigenvalue weighted by molar-refractivity contribution is -0.384. The summed E-state index contributed by atoms with van der Waals surface area (Å²) in [7, 11) is -0.0286. The van der Waals surface area contributed by atoms with E-state index in [4.69, 9.17) is 4.43 Å². The first-order chi connectivity index (χ1) is 12.0. The van der Waals surface area contributed by atoms with E-state index >= 15 is 0 Å². The Morgan fingerprint density at radius 2 is 2.04 bits per heavy atom. The van der Waals surface area contributed by atoms with Crippen LogP contribution in [0.4, 0.5) is 11.4 Å². The number of hydrogen-bond acceptors (Lipinski definition) is 5. The summed E-state index contributed by atoms with van der Waals surface area (Å²) in [6, 6.07) is 3.46. The smallest absolute Gasteiger partial charge is 0.293 e. The summed E-state index contributed by atoms with van der Waals surface area (Å²) < 4.78 is 8.20. The third-order valence-corrected chi connectivity index (χ3v) is 10.2. The van der Waals surface area contributed by atoms with Gasteiger partial charge in [0.05, 0.1) is 16.5 Å². The van der Waals surface area contributed by atoms with E-state index in [0.717, 1.165) is 23.9 Å². The van der Waals surface area contributed by atoms with E-state index in [1.807, 2.05) is 13.1 Å². The first-order valence-electron chi connectivity index (χ1n) is 9.02. The van der Waals surface area contributed by atoms with Crippen molar-refractivity contribution in [2.75, 3.05) is 18.0 Å². The summed E-state index contributed by atoms with van der Waals surface area (Å²) in [5.41, 5.74) is 1.56. The molecular formula is C18H28N4O3Si. The molecule has 142 valence electrons. The summed E-state index contributed by atoms with van der Waals surface area (Å²) in [5.74, 6) is 0. The van der Waals surface area contributed by atoms with Crippen molar-refractivity contribution in [2.45, 2.75) is 51.4 Å². The molecule has 3 rings (SSSR count). The second kappa shape index (κ2) is 6.35. The van der Waals surface area contributed by atoms with Crippen LogP contribution in [0.25, 0.3) is 10.9 Å². The van der Waals surface area contributed by atoms with Gasteiger partial charge in [-0.25, -0.2) is 0 Å². The number of nitro benzene ring substituents is 1. The zero-order valence-electron chi connectivity index (χ0n) is 16.4. The van der Waals surface area contributed by atoms with E-state index in [9.17, 15) is 10.1 Å². The molecular weight excluding hydrogens is 348 g/mol. The van der Waals surface area contributed by atoms with Crippen molar-refractivity contribution in [2.24, 2.45) is 7.05 Å². The molecule has 1 saturated heterocycles. The molecule has 1 aromatic heterocycles. The van der Waals surface area contributed by atoms with Gasteiger partial charge in [-0.1, -0.05) is 20.8 Å². The molecule has 0 bridgehead atoms. The molecule has 0 radical (unpaired) electrons. The van der Waals surface area contributed by atoms with Crippen molar-refractivity contribution in [1.29, 1.82) is 0 Å². The highest BCUT2D eigenvalue weighted by molar-refractivity contribution is 6.74. The van der Waals surface area contributed by atoms with Gasteiger partial charge in [0, 0.05) is 37.8 Å². The van der Waals surface area contributed by atoms with Crippen LogP contribution < -0.4 is 4.90 Å². The molecule has 0 N–H and O–H groups in total. The van der Waals surface area contributed by atoms with Gasteiger partial charge < -0.3 is 9.33 Å². The monoisotopic (exact) mass is 376 g/mol.